The Kier molecular flexibility index (Phi) is 2.36. The number of rotatable bonds is 2. The SMILES string of the molecule is [2H]C([2H])([2H])c1cc2c(c(C([2H])([2H])[2H])c1)OC(C(F)(F)F)C(C(=O)OCC)=C2. The molecule has 0 radical (unpaired) electrons. The lowest BCUT2D eigenvalue weighted by Gasteiger charge is -2.29. The molecule has 1 aliphatic rings. The highest BCUT2D eigenvalue weighted by molar-refractivity contribution is 5.96. The topological polar surface area (TPSA) is 35.5 Å². The number of hydrogen-bond donors (Lipinski definition) is 0. The minimum absolute atomic E-state index is 0.191. The molecule has 1 aromatic rings. The van der Waals surface area contributed by atoms with E-state index in [1.54, 1.807) is 0 Å². The maximum absolute atomic E-state index is 13.4. The zero-order valence-corrected chi connectivity index (χ0v) is 10.9. The van der Waals surface area contributed by atoms with E-state index in [9.17, 15) is 18.0 Å². The van der Waals surface area contributed by atoms with Gasteiger partial charge in [0, 0.05) is 13.8 Å². The largest absolute Gasteiger partial charge is 0.475 e. The van der Waals surface area contributed by atoms with Crippen LogP contribution in [0.3, 0.4) is 0 Å². The molecule has 0 fully saturated rings. The number of hydrogen-bond acceptors (Lipinski definition) is 3. The van der Waals surface area contributed by atoms with Gasteiger partial charge in [-0.2, -0.15) is 13.2 Å². The van der Waals surface area contributed by atoms with Crippen LogP contribution in [0.1, 0.15) is 31.8 Å². The van der Waals surface area contributed by atoms with E-state index >= 15 is 0 Å². The van der Waals surface area contributed by atoms with Crippen LogP contribution in [-0.4, -0.2) is 24.9 Å². The molecule has 6 heteroatoms. The molecule has 0 aliphatic carbocycles. The number of halogens is 3. The van der Waals surface area contributed by atoms with E-state index in [-0.39, 0.29) is 12.2 Å². The highest BCUT2D eigenvalue weighted by Crippen LogP contribution is 2.39. The maximum atomic E-state index is 13.4. The summed E-state index contributed by atoms with van der Waals surface area (Å²) in [6, 6.07) is 1.75. The molecule has 0 bridgehead atoms. The normalized spacial score (nSPS) is 23.0. The second-order valence-electron chi connectivity index (χ2n) is 4.30. The van der Waals surface area contributed by atoms with Crippen LogP contribution < -0.4 is 4.74 Å². The second kappa shape index (κ2) is 5.42. The van der Waals surface area contributed by atoms with Gasteiger partial charge >= 0.3 is 12.1 Å². The van der Waals surface area contributed by atoms with Gasteiger partial charge in [0.25, 0.3) is 0 Å². The first-order chi connectivity index (χ1) is 12.2. The number of aryl methyl sites for hydroxylation is 2. The van der Waals surface area contributed by atoms with Crippen LogP contribution in [0.25, 0.3) is 6.08 Å². The summed E-state index contributed by atoms with van der Waals surface area (Å²) in [5, 5.41) is 0. The number of esters is 1. The average molecular weight is 306 g/mol. The Bertz CT molecular complexity index is 781. The van der Waals surface area contributed by atoms with Gasteiger partial charge in [-0.1, -0.05) is 11.6 Å². The molecule has 0 saturated carbocycles. The van der Waals surface area contributed by atoms with Crippen molar-refractivity contribution in [3.05, 3.63) is 34.4 Å². The van der Waals surface area contributed by atoms with E-state index in [4.69, 9.17) is 13.0 Å². The van der Waals surface area contributed by atoms with Crippen molar-refractivity contribution in [3.63, 3.8) is 0 Å². The predicted molar refractivity (Wildman–Crippen MR) is 71.0 cm³/mol. The lowest BCUT2D eigenvalue weighted by atomic mass is 9.97. The molecule has 1 aromatic carbocycles. The third-order valence-corrected chi connectivity index (χ3v) is 2.76. The summed E-state index contributed by atoms with van der Waals surface area (Å²) in [4.78, 5) is 11.9. The summed E-state index contributed by atoms with van der Waals surface area (Å²) in [7, 11) is 0. The van der Waals surface area contributed by atoms with Crippen LogP contribution in [-0.2, 0) is 9.53 Å². The van der Waals surface area contributed by atoms with Gasteiger partial charge in [0.2, 0.25) is 6.10 Å². The molecule has 3 nitrogen and oxygen atoms in total. The molecule has 114 valence electrons. The van der Waals surface area contributed by atoms with Crippen molar-refractivity contribution in [2.75, 3.05) is 6.61 Å². The average Bonchev–Trinajstić information content (AvgIpc) is 2.50. The van der Waals surface area contributed by atoms with Crippen molar-refractivity contribution in [2.45, 2.75) is 32.9 Å². The van der Waals surface area contributed by atoms with E-state index in [0.717, 1.165) is 18.2 Å². The van der Waals surface area contributed by atoms with Gasteiger partial charge in [-0.05, 0) is 38.3 Å². The molecule has 0 N–H and O–H groups in total. The lowest BCUT2D eigenvalue weighted by Crippen LogP contribution is -2.41. The smallest absolute Gasteiger partial charge is 0.430 e. The summed E-state index contributed by atoms with van der Waals surface area (Å²) in [5.74, 6) is -1.93. The van der Waals surface area contributed by atoms with E-state index in [0.29, 0.717) is 0 Å². The zero-order valence-electron chi connectivity index (χ0n) is 16.9. The lowest BCUT2D eigenvalue weighted by molar-refractivity contribution is -0.188. The second-order valence-corrected chi connectivity index (χ2v) is 4.30. The van der Waals surface area contributed by atoms with Gasteiger partial charge in [-0.15, -0.1) is 0 Å². The molecular formula is C15H15F3O3. The Morgan fingerprint density at radius 3 is 2.76 bits per heavy atom. The number of benzene rings is 1. The number of fused-ring (bicyclic) bond motifs is 1. The molecular weight excluding hydrogens is 285 g/mol. The van der Waals surface area contributed by atoms with E-state index in [1.807, 2.05) is 0 Å². The van der Waals surface area contributed by atoms with Crippen molar-refractivity contribution in [2.24, 2.45) is 0 Å². The summed E-state index contributed by atoms with van der Waals surface area (Å²) in [5.41, 5.74) is -2.23. The molecule has 21 heavy (non-hydrogen) atoms. The van der Waals surface area contributed by atoms with Crippen molar-refractivity contribution < 1.29 is 35.7 Å². The fourth-order valence-electron chi connectivity index (χ4n) is 1.94. The minimum atomic E-state index is -5.02. The van der Waals surface area contributed by atoms with Gasteiger partial charge in [0.15, 0.2) is 0 Å². The van der Waals surface area contributed by atoms with Crippen LogP contribution in [0.2, 0.25) is 0 Å². The molecule has 1 atom stereocenters. The molecule has 1 aliphatic heterocycles. The molecule has 0 aromatic heterocycles. The Hall–Kier alpha value is -1.98. The third kappa shape index (κ3) is 3.04. The van der Waals surface area contributed by atoms with E-state index in [2.05, 4.69) is 4.74 Å². The molecule has 0 saturated heterocycles. The highest BCUT2D eigenvalue weighted by atomic mass is 19.4. The standard InChI is InChI=1S/C15H15F3O3/c1-4-20-14(19)11-7-10-6-8(2)5-9(3)12(10)21-13(11)15(16,17)18/h5-7,13H,4H2,1-3H3/i2D3,3D3. The van der Waals surface area contributed by atoms with Gasteiger partial charge in [0.05, 0.1) is 12.2 Å². The fourth-order valence-corrected chi connectivity index (χ4v) is 1.94. The van der Waals surface area contributed by atoms with Crippen molar-refractivity contribution in [3.8, 4) is 5.75 Å². The van der Waals surface area contributed by atoms with E-state index in [1.165, 1.54) is 6.92 Å². The first-order valence-corrected chi connectivity index (χ1v) is 5.97. The summed E-state index contributed by atoms with van der Waals surface area (Å²) < 4.78 is 94.5. The maximum Gasteiger partial charge on any atom is 0.430 e. The molecule has 0 amide bonds. The predicted octanol–water partition coefficient (Wildman–Crippen LogP) is 3.57. The Balaban J connectivity index is 2.77. The van der Waals surface area contributed by atoms with Crippen LogP contribution in [0.4, 0.5) is 13.2 Å². The van der Waals surface area contributed by atoms with Crippen molar-refractivity contribution in [1.29, 1.82) is 0 Å². The number of ether oxygens (including phenoxy) is 2. The Morgan fingerprint density at radius 1 is 1.43 bits per heavy atom. The zero-order chi connectivity index (χ0) is 20.8. The Labute approximate surface area is 128 Å². The summed E-state index contributed by atoms with van der Waals surface area (Å²) >= 11 is 0. The molecule has 1 unspecified atom stereocenters. The van der Waals surface area contributed by atoms with Gasteiger partial charge < -0.3 is 9.47 Å². The number of carbonyl (C=O) groups excluding carboxylic acids is 1. The molecule has 1 heterocycles. The first kappa shape index (κ1) is 9.12. The quantitative estimate of drug-likeness (QED) is 0.784. The van der Waals surface area contributed by atoms with Gasteiger partial charge in [-0.3, -0.25) is 0 Å². The Morgan fingerprint density at radius 2 is 2.19 bits per heavy atom. The number of carbonyl (C=O) groups is 1. The van der Waals surface area contributed by atoms with E-state index < -0.39 is 54.4 Å². The summed E-state index contributed by atoms with van der Waals surface area (Å²) in [6.07, 6.45) is -6.99. The number of alkyl halides is 3. The van der Waals surface area contributed by atoms with Crippen LogP contribution >= 0.6 is 0 Å². The third-order valence-electron chi connectivity index (χ3n) is 2.76. The van der Waals surface area contributed by atoms with Crippen LogP contribution in [0.5, 0.6) is 5.75 Å². The molecule has 0 spiro atoms. The van der Waals surface area contributed by atoms with Crippen LogP contribution in [0, 0.1) is 13.7 Å². The monoisotopic (exact) mass is 306 g/mol. The first-order valence-electron chi connectivity index (χ1n) is 8.97. The minimum Gasteiger partial charge on any atom is -0.475 e. The molecule has 2 rings (SSSR count). The highest BCUT2D eigenvalue weighted by Gasteiger charge is 2.49. The fraction of sp³-hybridized carbons (Fsp3) is 0.400. The van der Waals surface area contributed by atoms with Gasteiger partial charge in [0.1, 0.15) is 5.75 Å². The van der Waals surface area contributed by atoms with Crippen LogP contribution in [0.15, 0.2) is 17.7 Å². The van der Waals surface area contributed by atoms with Crippen molar-refractivity contribution >= 4 is 12.0 Å². The summed E-state index contributed by atoms with van der Waals surface area (Å²) in [6.45, 7) is -4.44. The van der Waals surface area contributed by atoms with Gasteiger partial charge in [-0.25, -0.2) is 4.79 Å². The van der Waals surface area contributed by atoms with Crippen molar-refractivity contribution in [1.82, 2.24) is 0 Å².